The van der Waals surface area contributed by atoms with Crippen molar-refractivity contribution in [2.24, 2.45) is 0 Å². The van der Waals surface area contributed by atoms with E-state index in [1.54, 1.807) is 42.5 Å². The number of aromatic nitrogens is 2. The summed E-state index contributed by atoms with van der Waals surface area (Å²) < 4.78 is 33.9. The molecule has 10 heteroatoms. The number of hydrogen-bond acceptors (Lipinski definition) is 7. The van der Waals surface area contributed by atoms with Crippen LogP contribution in [0.15, 0.2) is 88.7 Å². The molecule has 0 aliphatic rings. The van der Waals surface area contributed by atoms with E-state index in [1.807, 2.05) is 6.92 Å². The van der Waals surface area contributed by atoms with Gasteiger partial charge in [0, 0.05) is 6.07 Å². The number of rotatable bonds is 6. The molecule has 0 aliphatic carbocycles. The number of carbonyl (C=O) groups is 1. The van der Waals surface area contributed by atoms with E-state index in [9.17, 15) is 23.3 Å². The summed E-state index contributed by atoms with van der Waals surface area (Å²) in [4.78, 5) is 23.4. The van der Waals surface area contributed by atoms with Crippen molar-refractivity contribution >= 4 is 21.5 Å². The predicted molar refractivity (Wildman–Crippen MR) is 123 cm³/mol. The second kappa shape index (κ2) is 8.91. The second-order valence-corrected chi connectivity index (χ2v) is 9.33. The van der Waals surface area contributed by atoms with Gasteiger partial charge in [-0.3, -0.25) is 10.1 Å². The van der Waals surface area contributed by atoms with Gasteiger partial charge >= 0.3 is 5.97 Å². The summed E-state index contributed by atoms with van der Waals surface area (Å²) in [6, 6.07) is 20.0. The molecule has 0 fully saturated rings. The molecular weight excluding hydrogens is 458 g/mol. The van der Waals surface area contributed by atoms with Gasteiger partial charge in [-0.15, -0.1) is 0 Å². The SMILES string of the molecule is Cc1ccc(S(=O)(=O)c2c(C)nn(-c3ccccc3)c2OC(=O)c2ccccc2[N+](=O)[O-])cc1. The third-order valence-corrected chi connectivity index (χ3v) is 6.98. The average Bonchev–Trinajstić information content (AvgIpc) is 3.16. The van der Waals surface area contributed by atoms with Crippen LogP contribution < -0.4 is 4.74 Å². The highest BCUT2D eigenvalue weighted by Crippen LogP contribution is 2.35. The van der Waals surface area contributed by atoms with Gasteiger partial charge in [0.15, 0.2) is 4.90 Å². The maximum Gasteiger partial charge on any atom is 0.351 e. The van der Waals surface area contributed by atoms with Crippen LogP contribution in [0, 0.1) is 24.0 Å². The molecule has 4 rings (SSSR count). The molecule has 9 nitrogen and oxygen atoms in total. The van der Waals surface area contributed by atoms with Crippen LogP contribution in [0.2, 0.25) is 0 Å². The average molecular weight is 477 g/mol. The fraction of sp³-hybridized carbons (Fsp3) is 0.0833. The molecule has 3 aromatic carbocycles. The molecule has 4 aromatic rings. The zero-order chi connectivity index (χ0) is 24.5. The van der Waals surface area contributed by atoms with Crippen molar-refractivity contribution in [2.45, 2.75) is 23.6 Å². The summed E-state index contributed by atoms with van der Waals surface area (Å²) in [7, 11) is -4.15. The molecule has 0 N–H and O–H groups in total. The number of esters is 1. The monoisotopic (exact) mass is 477 g/mol. The quantitative estimate of drug-likeness (QED) is 0.228. The van der Waals surface area contributed by atoms with Crippen molar-refractivity contribution in [1.29, 1.82) is 0 Å². The molecule has 0 bridgehead atoms. The summed E-state index contributed by atoms with van der Waals surface area (Å²) in [6.45, 7) is 3.32. The smallest absolute Gasteiger partial charge is 0.351 e. The van der Waals surface area contributed by atoms with Crippen LogP contribution in [0.25, 0.3) is 5.69 Å². The predicted octanol–water partition coefficient (Wildman–Crippen LogP) is 4.45. The first-order chi connectivity index (χ1) is 16.2. The molecule has 34 heavy (non-hydrogen) atoms. The normalized spacial score (nSPS) is 11.2. The Morgan fingerprint density at radius 2 is 1.56 bits per heavy atom. The van der Waals surface area contributed by atoms with E-state index >= 15 is 0 Å². The van der Waals surface area contributed by atoms with Gasteiger partial charge in [0.1, 0.15) is 5.56 Å². The van der Waals surface area contributed by atoms with E-state index < -0.39 is 26.4 Å². The van der Waals surface area contributed by atoms with Crippen LogP contribution in [0.3, 0.4) is 0 Å². The number of hydrogen-bond donors (Lipinski definition) is 0. The molecule has 172 valence electrons. The molecule has 0 amide bonds. The van der Waals surface area contributed by atoms with Crippen LogP contribution in [-0.2, 0) is 9.84 Å². The molecule has 0 atom stereocenters. The zero-order valence-corrected chi connectivity index (χ0v) is 19.0. The van der Waals surface area contributed by atoms with Gasteiger partial charge in [-0.05, 0) is 44.2 Å². The van der Waals surface area contributed by atoms with Crippen molar-refractivity contribution in [3.8, 4) is 11.6 Å². The molecule has 1 heterocycles. The van der Waals surface area contributed by atoms with E-state index in [0.717, 1.165) is 5.56 Å². The Labute approximate surface area is 195 Å². The number of benzene rings is 3. The highest BCUT2D eigenvalue weighted by Gasteiger charge is 2.33. The Bertz CT molecular complexity index is 1490. The standard InChI is InChI=1S/C24H19N3O6S/c1-16-12-14-19(15-13-16)34(31,32)22-17(2)25-26(18-8-4-3-5-9-18)23(22)33-24(28)20-10-6-7-11-21(20)27(29)30/h3-15H,1-2H3. The number of sulfone groups is 1. The molecule has 1 aromatic heterocycles. The molecule has 0 aliphatic heterocycles. The minimum absolute atomic E-state index is 0.00296. The third-order valence-electron chi connectivity index (χ3n) is 5.08. The summed E-state index contributed by atoms with van der Waals surface area (Å²) in [5.41, 5.74) is 0.650. The second-order valence-electron chi connectivity index (χ2n) is 7.45. The number of carbonyl (C=O) groups excluding carboxylic acids is 1. The van der Waals surface area contributed by atoms with Gasteiger partial charge in [-0.2, -0.15) is 9.78 Å². The van der Waals surface area contributed by atoms with Crippen molar-refractivity contribution in [3.63, 3.8) is 0 Å². The van der Waals surface area contributed by atoms with Crippen molar-refractivity contribution in [3.05, 3.63) is 106 Å². The lowest BCUT2D eigenvalue weighted by Gasteiger charge is -2.11. The molecular formula is C24H19N3O6S. The van der Waals surface area contributed by atoms with E-state index in [2.05, 4.69) is 5.10 Å². The fourth-order valence-corrected chi connectivity index (χ4v) is 4.94. The summed E-state index contributed by atoms with van der Waals surface area (Å²) in [5.74, 6) is -1.43. The number of para-hydroxylation sites is 2. The largest absolute Gasteiger partial charge is 0.402 e. The fourth-order valence-electron chi connectivity index (χ4n) is 3.42. The van der Waals surface area contributed by atoms with Crippen LogP contribution in [0.5, 0.6) is 5.88 Å². The summed E-state index contributed by atoms with van der Waals surface area (Å²) >= 11 is 0. The van der Waals surface area contributed by atoms with Crippen LogP contribution in [-0.4, -0.2) is 29.1 Å². The molecule has 0 spiro atoms. The van der Waals surface area contributed by atoms with Crippen LogP contribution in [0.4, 0.5) is 5.69 Å². The van der Waals surface area contributed by atoms with Gasteiger partial charge < -0.3 is 4.74 Å². The number of aryl methyl sites for hydroxylation is 2. The Balaban J connectivity index is 1.91. The number of nitro benzene ring substituents is 1. The highest BCUT2D eigenvalue weighted by atomic mass is 32.2. The van der Waals surface area contributed by atoms with Crippen molar-refractivity contribution in [1.82, 2.24) is 9.78 Å². The lowest BCUT2D eigenvalue weighted by atomic mass is 10.2. The zero-order valence-electron chi connectivity index (χ0n) is 18.2. The van der Waals surface area contributed by atoms with E-state index in [-0.39, 0.29) is 26.9 Å². The molecule has 0 radical (unpaired) electrons. The van der Waals surface area contributed by atoms with Crippen LogP contribution >= 0.6 is 0 Å². The van der Waals surface area contributed by atoms with Crippen molar-refractivity contribution in [2.75, 3.05) is 0 Å². The van der Waals surface area contributed by atoms with E-state index in [0.29, 0.717) is 5.69 Å². The lowest BCUT2D eigenvalue weighted by molar-refractivity contribution is -0.385. The van der Waals surface area contributed by atoms with Gasteiger partial charge in [0.25, 0.3) is 5.69 Å². The maximum absolute atomic E-state index is 13.6. The first-order valence-corrected chi connectivity index (χ1v) is 11.6. The first-order valence-electron chi connectivity index (χ1n) is 10.1. The Morgan fingerprint density at radius 3 is 2.21 bits per heavy atom. The Kier molecular flexibility index (Phi) is 5.99. The summed E-state index contributed by atoms with van der Waals surface area (Å²) in [5, 5.41) is 15.7. The Morgan fingerprint density at radius 1 is 0.941 bits per heavy atom. The van der Waals surface area contributed by atoms with Crippen molar-refractivity contribution < 1.29 is 22.9 Å². The molecule has 0 saturated carbocycles. The lowest BCUT2D eigenvalue weighted by Crippen LogP contribution is -2.15. The third kappa shape index (κ3) is 4.18. The minimum atomic E-state index is -4.15. The maximum atomic E-state index is 13.6. The number of ether oxygens (including phenoxy) is 1. The number of nitrogens with zero attached hydrogens (tertiary/aromatic N) is 3. The number of nitro groups is 1. The van der Waals surface area contributed by atoms with Gasteiger partial charge in [-0.25, -0.2) is 13.2 Å². The van der Waals surface area contributed by atoms with E-state index in [1.165, 1.54) is 48.0 Å². The molecule has 0 unspecified atom stereocenters. The van der Waals surface area contributed by atoms with Gasteiger partial charge in [0.05, 0.1) is 21.2 Å². The highest BCUT2D eigenvalue weighted by molar-refractivity contribution is 7.91. The summed E-state index contributed by atoms with van der Waals surface area (Å²) in [6.07, 6.45) is 0. The van der Waals surface area contributed by atoms with Gasteiger partial charge in [-0.1, -0.05) is 48.0 Å². The van der Waals surface area contributed by atoms with Crippen LogP contribution in [0.1, 0.15) is 21.6 Å². The van der Waals surface area contributed by atoms with E-state index in [4.69, 9.17) is 4.74 Å². The Hall–Kier alpha value is -4.31. The minimum Gasteiger partial charge on any atom is -0.402 e. The van der Waals surface area contributed by atoms with Gasteiger partial charge in [0.2, 0.25) is 15.7 Å². The molecule has 0 saturated heterocycles. The first kappa shape index (κ1) is 22.9. The topological polar surface area (TPSA) is 121 Å².